The van der Waals surface area contributed by atoms with Crippen LogP contribution in [-0.4, -0.2) is 0 Å². The van der Waals surface area contributed by atoms with E-state index in [2.05, 4.69) is 46.9 Å². The first kappa shape index (κ1) is 8.34. The van der Waals surface area contributed by atoms with E-state index in [-0.39, 0.29) is 0 Å². The highest BCUT2D eigenvalue weighted by molar-refractivity contribution is 9.10. The number of benzene rings is 1. The highest BCUT2D eigenvalue weighted by Crippen LogP contribution is 2.34. The van der Waals surface area contributed by atoms with Crippen LogP contribution < -0.4 is 0 Å². The number of rotatable bonds is 1. The summed E-state index contributed by atoms with van der Waals surface area (Å²) in [5.74, 6) is 2.26. The van der Waals surface area contributed by atoms with Crippen LogP contribution in [0.1, 0.15) is 12.5 Å². The summed E-state index contributed by atoms with van der Waals surface area (Å²) < 4.78 is 1.23. The Bertz CT molecular complexity index is 403. The van der Waals surface area contributed by atoms with Crippen molar-refractivity contribution in [1.82, 2.24) is 0 Å². The average molecular weight is 241 g/mol. The van der Waals surface area contributed by atoms with Crippen molar-refractivity contribution < 1.29 is 0 Å². The highest BCUT2D eigenvalue weighted by atomic mass is 79.9. The van der Waals surface area contributed by atoms with Crippen LogP contribution in [0, 0.1) is 0 Å². The van der Waals surface area contributed by atoms with Gasteiger partial charge in [-0.2, -0.15) is 0 Å². The maximum atomic E-state index is 3.56. The Balaban J connectivity index is 2.82. The molecule has 0 nitrogen and oxygen atoms in total. The molecule has 0 radical (unpaired) electrons. The Morgan fingerprint density at radius 2 is 2.17 bits per heavy atom. The normalized spacial score (nSPS) is 11.5. The quantitative estimate of drug-likeness (QED) is 0.701. The van der Waals surface area contributed by atoms with Gasteiger partial charge >= 0.3 is 0 Å². The molecule has 0 aliphatic rings. The third kappa shape index (κ3) is 1.22. The van der Waals surface area contributed by atoms with Gasteiger partial charge in [0.15, 0.2) is 0 Å². The largest absolute Gasteiger partial charge is 0.131 e. The van der Waals surface area contributed by atoms with E-state index in [9.17, 15) is 0 Å². The van der Waals surface area contributed by atoms with Gasteiger partial charge in [-0.1, -0.05) is 28.9 Å². The SMILES string of the molecule is CCc1ccc(Br)c2cc[pH]c12. The molecular weight excluding hydrogens is 231 g/mol. The summed E-state index contributed by atoms with van der Waals surface area (Å²) in [6.07, 6.45) is 1.14. The van der Waals surface area contributed by atoms with E-state index < -0.39 is 0 Å². The Morgan fingerprint density at radius 3 is 2.92 bits per heavy atom. The predicted octanol–water partition coefficient (Wildman–Crippen LogP) is 4.20. The minimum absolute atomic E-state index is 0.871. The summed E-state index contributed by atoms with van der Waals surface area (Å²) in [5, 5.41) is 2.93. The average Bonchev–Trinajstić information content (AvgIpc) is 2.54. The maximum Gasteiger partial charge on any atom is 0.0257 e. The first-order valence-electron chi connectivity index (χ1n) is 4.07. The Morgan fingerprint density at radius 1 is 1.33 bits per heavy atom. The van der Waals surface area contributed by atoms with Crippen molar-refractivity contribution in [3.63, 3.8) is 0 Å². The van der Waals surface area contributed by atoms with Gasteiger partial charge in [-0.15, -0.1) is 8.19 Å². The number of halogens is 1. The van der Waals surface area contributed by atoms with Crippen LogP contribution in [0.15, 0.2) is 28.5 Å². The van der Waals surface area contributed by atoms with Crippen LogP contribution in [0.3, 0.4) is 0 Å². The van der Waals surface area contributed by atoms with E-state index >= 15 is 0 Å². The maximum absolute atomic E-state index is 3.56. The Kier molecular flexibility index (Phi) is 2.25. The molecule has 0 N–H and O–H groups in total. The molecule has 0 aliphatic carbocycles. The summed E-state index contributed by atoms with van der Waals surface area (Å²) in [4.78, 5) is 0. The van der Waals surface area contributed by atoms with E-state index in [0.29, 0.717) is 0 Å². The zero-order valence-electron chi connectivity index (χ0n) is 6.89. The van der Waals surface area contributed by atoms with Crippen LogP contribution >= 0.6 is 24.1 Å². The molecule has 0 spiro atoms. The van der Waals surface area contributed by atoms with Gasteiger partial charge in [0.2, 0.25) is 0 Å². The molecule has 1 unspecified atom stereocenters. The first-order valence-corrected chi connectivity index (χ1v) is 5.94. The van der Waals surface area contributed by atoms with E-state index in [4.69, 9.17) is 0 Å². The zero-order valence-corrected chi connectivity index (χ0v) is 9.48. The fourth-order valence-corrected chi connectivity index (χ4v) is 3.36. The molecule has 1 aromatic heterocycles. The second kappa shape index (κ2) is 3.24. The molecule has 2 rings (SSSR count). The molecular formula is C10H10BrP. The van der Waals surface area contributed by atoms with Crippen LogP contribution in [-0.2, 0) is 6.42 Å². The molecule has 0 bridgehead atoms. The summed E-state index contributed by atoms with van der Waals surface area (Å²) in [6.45, 7) is 2.21. The molecule has 0 saturated carbocycles. The monoisotopic (exact) mass is 240 g/mol. The molecule has 0 amide bonds. The molecule has 0 fully saturated rings. The summed E-state index contributed by atoms with van der Waals surface area (Å²) in [6, 6.07) is 6.59. The standard InChI is InChI=1S/C10H10BrP/c1-2-7-3-4-9(11)8-5-6-12-10(7)8/h3-6,12H,2H2,1H3. The lowest BCUT2D eigenvalue weighted by molar-refractivity contribution is 1.16. The van der Waals surface area contributed by atoms with Gasteiger partial charge in [-0.05, 0) is 29.9 Å². The summed E-state index contributed by atoms with van der Waals surface area (Å²) in [5.41, 5.74) is 1.50. The van der Waals surface area contributed by atoms with Gasteiger partial charge < -0.3 is 0 Å². The molecule has 12 heavy (non-hydrogen) atoms. The minimum Gasteiger partial charge on any atom is -0.131 e. The lowest BCUT2D eigenvalue weighted by Gasteiger charge is -2.00. The molecule has 0 saturated heterocycles. The van der Waals surface area contributed by atoms with Crippen LogP contribution in [0.4, 0.5) is 0 Å². The van der Waals surface area contributed by atoms with E-state index in [1.165, 1.54) is 20.5 Å². The van der Waals surface area contributed by atoms with Gasteiger partial charge in [-0.3, -0.25) is 0 Å². The van der Waals surface area contributed by atoms with Crippen molar-refractivity contribution in [3.8, 4) is 0 Å². The van der Waals surface area contributed by atoms with Gasteiger partial charge in [-0.25, -0.2) is 0 Å². The lowest BCUT2D eigenvalue weighted by Crippen LogP contribution is -1.78. The fourth-order valence-electron chi connectivity index (χ4n) is 1.48. The van der Waals surface area contributed by atoms with Crippen LogP contribution in [0.2, 0.25) is 0 Å². The van der Waals surface area contributed by atoms with E-state index in [1.54, 1.807) is 0 Å². The lowest BCUT2D eigenvalue weighted by atomic mass is 10.1. The number of hydrogen-bond acceptors (Lipinski definition) is 0. The van der Waals surface area contributed by atoms with Gasteiger partial charge in [0.05, 0.1) is 0 Å². The number of fused-ring (bicyclic) bond motifs is 1. The molecule has 1 aromatic carbocycles. The van der Waals surface area contributed by atoms with Gasteiger partial charge in [0, 0.05) is 15.0 Å². The first-order chi connectivity index (χ1) is 5.83. The van der Waals surface area contributed by atoms with Crippen molar-refractivity contribution in [1.29, 1.82) is 0 Å². The van der Waals surface area contributed by atoms with Crippen molar-refractivity contribution >= 4 is 34.6 Å². The van der Waals surface area contributed by atoms with Crippen molar-refractivity contribution in [3.05, 3.63) is 34.0 Å². The Labute approximate surface area is 82.2 Å². The van der Waals surface area contributed by atoms with Crippen LogP contribution in [0.25, 0.3) is 10.5 Å². The molecule has 2 heteroatoms. The van der Waals surface area contributed by atoms with Crippen LogP contribution in [0.5, 0.6) is 0 Å². The predicted molar refractivity (Wildman–Crippen MR) is 60.5 cm³/mol. The van der Waals surface area contributed by atoms with Crippen molar-refractivity contribution in [2.24, 2.45) is 0 Å². The smallest absolute Gasteiger partial charge is 0.0257 e. The van der Waals surface area contributed by atoms with Crippen molar-refractivity contribution in [2.45, 2.75) is 13.3 Å². The zero-order chi connectivity index (χ0) is 8.55. The van der Waals surface area contributed by atoms with E-state index in [1.807, 2.05) is 0 Å². The summed E-state index contributed by atoms with van der Waals surface area (Å²) in [7, 11) is 0.871. The van der Waals surface area contributed by atoms with Gasteiger partial charge in [0.1, 0.15) is 0 Å². The third-order valence-corrected chi connectivity index (χ3v) is 4.04. The molecule has 62 valence electrons. The molecule has 1 atom stereocenters. The van der Waals surface area contributed by atoms with Gasteiger partial charge in [0.25, 0.3) is 0 Å². The second-order valence-corrected chi connectivity index (χ2v) is 4.80. The highest BCUT2D eigenvalue weighted by Gasteiger charge is 2.02. The summed E-state index contributed by atoms with van der Waals surface area (Å²) >= 11 is 3.56. The number of hydrogen-bond donors (Lipinski definition) is 0. The topological polar surface area (TPSA) is 0 Å². The van der Waals surface area contributed by atoms with Crippen molar-refractivity contribution in [2.75, 3.05) is 0 Å². The number of aryl methyl sites for hydroxylation is 1. The third-order valence-electron chi connectivity index (χ3n) is 2.14. The molecule has 0 aliphatic heterocycles. The molecule has 1 heterocycles. The Hall–Kier alpha value is -0.260. The molecule has 2 aromatic rings. The van der Waals surface area contributed by atoms with E-state index in [0.717, 1.165) is 14.6 Å². The fraction of sp³-hybridized carbons (Fsp3) is 0.200. The minimum atomic E-state index is 0.871. The second-order valence-electron chi connectivity index (χ2n) is 2.83.